The van der Waals surface area contributed by atoms with Gasteiger partial charge in [0.2, 0.25) is 5.91 Å². The van der Waals surface area contributed by atoms with Crippen LogP contribution in [0.2, 0.25) is 0 Å². The second-order valence-corrected chi connectivity index (χ2v) is 8.28. The van der Waals surface area contributed by atoms with E-state index in [4.69, 9.17) is 4.74 Å². The molecule has 3 aromatic rings. The number of aryl methyl sites for hydroxylation is 1. The third-order valence-electron chi connectivity index (χ3n) is 5.86. The summed E-state index contributed by atoms with van der Waals surface area (Å²) in [6, 6.07) is 26.3. The molecule has 0 radical (unpaired) electrons. The Morgan fingerprint density at radius 2 is 1.50 bits per heavy atom. The fourth-order valence-electron chi connectivity index (χ4n) is 3.94. The number of hydrogen-bond acceptors (Lipinski definition) is 4. The van der Waals surface area contributed by atoms with Gasteiger partial charge in [-0.05, 0) is 49.2 Å². The molecule has 1 aliphatic rings. The number of nitrogens with zero attached hydrogens (tertiary/aromatic N) is 1. The Morgan fingerprint density at radius 1 is 0.875 bits per heavy atom. The number of morpholine rings is 1. The normalized spacial score (nSPS) is 15.8. The molecule has 1 saturated heterocycles. The summed E-state index contributed by atoms with van der Waals surface area (Å²) in [5.41, 5.74) is 5.43. The lowest BCUT2D eigenvalue weighted by molar-refractivity contribution is -0.117. The quantitative estimate of drug-likeness (QED) is 0.579. The number of rotatable bonds is 7. The molecule has 0 saturated carbocycles. The van der Waals surface area contributed by atoms with Crippen LogP contribution in [0.25, 0.3) is 0 Å². The highest BCUT2D eigenvalue weighted by molar-refractivity contribution is 5.94. The Hall–Kier alpha value is -3.15. The summed E-state index contributed by atoms with van der Waals surface area (Å²) < 4.78 is 5.42. The zero-order chi connectivity index (χ0) is 22.3. The minimum Gasteiger partial charge on any atom is -0.378 e. The van der Waals surface area contributed by atoms with E-state index in [0.29, 0.717) is 0 Å². The van der Waals surface area contributed by atoms with Crippen molar-refractivity contribution in [2.45, 2.75) is 25.9 Å². The zero-order valence-electron chi connectivity index (χ0n) is 18.8. The van der Waals surface area contributed by atoms with E-state index in [2.05, 4.69) is 71.0 Å². The van der Waals surface area contributed by atoms with Crippen molar-refractivity contribution in [2.75, 3.05) is 36.5 Å². The summed E-state index contributed by atoms with van der Waals surface area (Å²) in [4.78, 5) is 15.2. The summed E-state index contributed by atoms with van der Waals surface area (Å²) in [6.07, 6.45) is 0. The maximum atomic E-state index is 13.0. The van der Waals surface area contributed by atoms with E-state index in [1.807, 2.05) is 37.3 Å². The Labute approximate surface area is 190 Å². The Bertz CT molecular complexity index is 997. The van der Waals surface area contributed by atoms with Crippen LogP contribution in [-0.2, 0) is 9.53 Å². The highest BCUT2D eigenvalue weighted by atomic mass is 16.5. The molecule has 1 heterocycles. The Kier molecular flexibility index (Phi) is 7.20. The fourth-order valence-corrected chi connectivity index (χ4v) is 3.94. The molecule has 5 heteroatoms. The lowest BCUT2D eigenvalue weighted by Gasteiger charge is -2.29. The van der Waals surface area contributed by atoms with Crippen LogP contribution < -0.4 is 15.5 Å². The monoisotopic (exact) mass is 429 g/mol. The second kappa shape index (κ2) is 10.4. The van der Waals surface area contributed by atoms with Gasteiger partial charge in [0.15, 0.2) is 0 Å². The molecule has 2 N–H and O–H groups in total. The first kappa shape index (κ1) is 22.1. The molecular weight excluding hydrogens is 398 g/mol. The predicted molar refractivity (Wildman–Crippen MR) is 130 cm³/mol. The maximum Gasteiger partial charge on any atom is 0.241 e. The van der Waals surface area contributed by atoms with Gasteiger partial charge in [-0.15, -0.1) is 0 Å². The highest BCUT2D eigenvalue weighted by Crippen LogP contribution is 2.24. The lowest BCUT2D eigenvalue weighted by atomic mass is 9.97. The molecule has 0 aromatic heterocycles. The Morgan fingerprint density at radius 3 is 2.16 bits per heavy atom. The first-order valence-corrected chi connectivity index (χ1v) is 11.2. The van der Waals surface area contributed by atoms with Crippen molar-refractivity contribution in [3.63, 3.8) is 0 Å². The van der Waals surface area contributed by atoms with Crippen LogP contribution in [0.3, 0.4) is 0 Å². The first-order valence-electron chi connectivity index (χ1n) is 11.2. The van der Waals surface area contributed by atoms with Gasteiger partial charge in [0.1, 0.15) is 0 Å². The summed E-state index contributed by atoms with van der Waals surface area (Å²) >= 11 is 0. The van der Waals surface area contributed by atoms with Gasteiger partial charge >= 0.3 is 0 Å². The van der Waals surface area contributed by atoms with Crippen LogP contribution in [0.5, 0.6) is 0 Å². The maximum absolute atomic E-state index is 13.0. The van der Waals surface area contributed by atoms with Gasteiger partial charge in [-0.2, -0.15) is 0 Å². The lowest BCUT2D eigenvalue weighted by Crippen LogP contribution is -2.40. The van der Waals surface area contributed by atoms with Gasteiger partial charge in [0.05, 0.1) is 25.3 Å². The van der Waals surface area contributed by atoms with Gasteiger partial charge in [-0.3, -0.25) is 10.1 Å². The molecule has 0 aliphatic carbocycles. The number of carbonyl (C=O) groups is 1. The van der Waals surface area contributed by atoms with Crippen molar-refractivity contribution in [3.8, 4) is 0 Å². The molecule has 166 valence electrons. The van der Waals surface area contributed by atoms with E-state index in [1.165, 1.54) is 5.56 Å². The van der Waals surface area contributed by atoms with Gasteiger partial charge in [0.25, 0.3) is 0 Å². The average Bonchev–Trinajstić information content (AvgIpc) is 2.84. The highest BCUT2D eigenvalue weighted by Gasteiger charge is 2.21. The summed E-state index contributed by atoms with van der Waals surface area (Å²) in [5.74, 6) is -0.0582. The minimum absolute atomic E-state index is 0.0582. The van der Waals surface area contributed by atoms with E-state index in [-0.39, 0.29) is 18.0 Å². The summed E-state index contributed by atoms with van der Waals surface area (Å²) in [6.45, 7) is 7.28. The number of amides is 1. The number of carbonyl (C=O) groups excluding carboxylic acids is 1. The largest absolute Gasteiger partial charge is 0.378 e. The zero-order valence-corrected chi connectivity index (χ0v) is 18.8. The van der Waals surface area contributed by atoms with Crippen molar-refractivity contribution >= 4 is 17.3 Å². The predicted octanol–water partition coefficient (Wildman–Crippen LogP) is 4.54. The van der Waals surface area contributed by atoms with Crippen molar-refractivity contribution in [1.82, 2.24) is 5.32 Å². The number of benzene rings is 3. The molecule has 2 atom stereocenters. The van der Waals surface area contributed by atoms with E-state index in [1.54, 1.807) is 0 Å². The standard InChI is InChI=1S/C27H31N3O2/c1-20-8-10-23(11-9-20)26(22-6-4-3-5-7-22)28-21(2)27(31)29-24-12-14-25(15-13-24)30-16-18-32-19-17-30/h3-15,21,26,28H,16-19H2,1-2H3,(H,29,31)/t21-,26+/m1/s1. The van der Waals surface area contributed by atoms with Gasteiger partial charge < -0.3 is 15.0 Å². The third kappa shape index (κ3) is 5.55. The number of hydrogen-bond donors (Lipinski definition) is 2. The number of nitrogens with one attached hydrogen (secondary N) is 2. The third-order valence-corrected chi connectivity index (χ3v) is 5.86. The first-order chi connectivity index (χ1) is 15.6. The number of ether oxygens (including phenoxy) is 1. The van der Waals surface area contributed by atoms with Gasteiger partial charge in [-0.25, -0.2) is 0 Å². The molecule has 1 aliphatic heterocycles. The molecule has 5 nitrogen and oxygen atoms in total. The Balaban J connectivity index is 1.43. The van der Waals surface area contributed by atoms with Gasteiger partial charge in [0, 0.05) is 24.5 Å². The van der Waals surface area contributed by atoms with E-state index < -0.39 is 0 Å². The summed E-state index contributed by atoms with van der Waals surface area (Å²) in [7, 11) is 0. The minimum atomic E-state index is -0.375. The number of anilines is 2. The molecule has 0 unspecified atom stereocenters. The van der Waals surface area contributed by atoms with Crippen LogP contribution in [0.15, 0.2) is 78.9 Å². The van der Waals surface area contributed by atoms with Crippen LogP contribution in [0, 0.1) is 6.92 Å². The molecule has 1 amide bonds. The van der Waals surface area contributed by atoms with E-state index >= 15 is 0 Å². The molecule has 0 bridgehead atoms. The van der Waals surface area contributed by atoms with Crippen LogP contribution in [0.4, 0.5) is 11.4 Å². The fraction of sp³-hybridized carbons (Fsp3) is 0.296. The van der Waals surface area contributed by atoms with Crippen LogP contribution >= 0.6 is 0 Å². The van der Waals surface area contributed by atoms with Crippen molar-refractivity contribution in [3.05, 3.63) is 95.6 Å². The van der Waals surface area contributed by atoms with Crippen LogP contribution in [-0.4, -0.2) is 38.3 Å². The van der Waals surface area contributed by atoms with Gasteiger partial charge in [-0.1, -0.05) is 60.2 Å². The molecular formula is C27H31N3O2. The van der Waals surface area contributed by atoms with Crippen molar-refractivity contribution in [2.24, 2.45) is 0 Å². The second-order valence-electron chi connectivity index (χ2n) is 8.28. The van der Waals surface area contributed by atoms with Crippen molar-refractivity contribution in [1.29, 1.82) is 0 Å². The average molecular weight is 430 g/mol. The van der Waals surface area contributed by atoms with E-state index in [0.717, 1.165) is 48.8 Å². The summed E-state index contributed by atoms with van der Waals surface area (Å²) in [5, 5.41) is 6.56. The molecule has 32 heavy (non-hydrogen) atoms. The smallest absolute Gasteiger partial charge is 0.241 e. The van der Waals surface area contributed by atoms with Crippen LogP contribution in [0.1, 0.15) is 29.7 Å². The van der Waals surface area contributed by atoms with E-state index in [9.17, 15) is 4.79 Å². The SMILES string of the molecule is Cc1ccc([C@@H](N[C@H](C)C(=O)Nc2ccc(N3CCOCC3)cc2)c2ccccc2)cc1. The molecule has 1 fully saturated rings. The van der Waals surface area contributed by atoms with Crippen molar-refractivity contribution < 1.29 is 9.53 Å². The molecule has 3 aromatic carbocycles. The molecule has 0 spiro atoms. The molecule has 4 rings (SSSR count). The topological polar surface area (TPSA) is 53.6 Å².